The maximum absolute atomic E-state index is 4.76. The molecule has 1 atom stereocenters. The van der Waals surface area contributed by atoms with Crippen LogP contribution in [-0.2, 0) is 0 Å². The van der Waals surface area contributed by atoms with Crippen molar-refractivity contribution in [3.63, 3.8) is 0 Å². The molecule has 2 aromatic rings. The van der Waals surface area contributed by atoms with Crippen LogP contribution in [0.15, 0.2) is 18.2 Å². The van der Waals surface area contributed by atoms with E-state index in [9.17, 15) is 0 Å². The Morgan fingerprint density at radius 2 is 2.25 bits per heavy atom. The zero-order valence-electron chi connectivity index (χ0n) is 9.83. The summed E-state index contributed by atoms with van der Waals surface area (Å²) in [5.74, 6) is 1.69. The van der Waals surface area contributed by atoms with Crippen LogP contribution < -0.4 is 5.32 Å². The van der Waals surface area contributed by atoms with Gasteiger partial charge in [0.15, 0.2) is 0 Å². The van der Waals surface area contributed by atoms with Crippen molar-refractivity contribution in [2.24, 2.45) is 0 Å². The Bertz CT molecular complexity index is 521. The zero-order valence-corrected chi connectivity index (χ0v) is 9.83. The third-order valence-corrected chi connectivity index (χ3v) is 3.50. The maximum Gasteiger partial charge on any atom is 0.110 e. The third kappa shape index (κ3) is 1.35. The highest BCUT2D eigenvalue weighted by Gasteiger charge is 2.22. The highest BCUT2D eigenvalue weighted by atomic mass is 15.0. The number of hydrogen-bond acceptors (Lipinski definition) is 2. The highest BCUT2D eigenvalue weighted by molar-refractivity contribution is 5.56. The number of nitrogens with one attached hydrogen (secondary N) is 1. The van der Waals surface area contributed by atoms with Crippen LogP contribution in [0.5, 0.6) is 0 Å². The van der Waals surface area contributed by atoms with Gasteiger partial charge in [-0.05, 0) is 38.9 Å². The normalized spacial score (nSPS) is 20.8. The fourth-order valence-electron chi connectivity index (χ4n) is 2.72. The molecule has 3 heteroatoms. The molecule has 0 aromatic carbocycles. The summed E-state index contributed by atoms with van der Waals surface area (Å²) in [5, 5.41) is 3.41. The molecule has 2 aromatic heterocycles. The lowest BCUT2D eigenvalue weighted by Gasteiger charge is -2.06. The molecule has 0 saturated carbocycles. The molecule has 1 fully saturated rings. The van der Waals surface area contributed by atoms with Crippen molar-refractivity contribution in [1.82, 2.24) is 14.7 Å². The van der Waals surface area contributed by atoms with Gasteiger partial charge in [0.25, 0.3) is 0 Å². The van der Waals surface area contributed by atoms with Crippen LogP contribution in [0.2, 0.25) is 0 Å². The van der Waals surface area contributed by atoms with E-state index < -0.39 is 0 Å². The summed E-state index contributed by atoms with van der Waals surface area (Å²) in [4.78, 5) is 4.76. The van der Waals surface area contributed by atoms with E-state index in [0.29, 0.717) is 5.92 Å². The highest BCUT2D eigenvalue weighted by Crippen LogP contribution is 2.26. The molecule has 3 nitrogen and oxygen atoms in total. The predicted molar refractivity (Wildman–Crippen MR) is 64.9 cm³/mol. The average molecular weight is 215 g/mol. The average Bonchev–Trinajstić information content (AvgIpc) is 2.86. The Morgan fingerprint density at radius 3 is 3.00 bits per heavy atom. The van der Waals surface area contributed by atoms with Gasteiger partial charge in [0.2, 0.25) is 0 Å². The molecule has 1 aliphatic heterocycles. The van der Waals surface area contributed by atoms with Gasteiger partial charge >= 0.3 is 0 Å². The van der Waals surface area contributed by atoms with Crippen LogP contribution in [0.3, 0.4) is 0 Å². The number of rotatable bonds is 1. The van der Waals surface area contributed by atoms with Crippen molar-refractivity contribution in [3.8, 4) is 0 Å². The third-order valence-electron chi connectivity index (χ3n) is 3.50. The van der Waals surface area contributed by atoms with Gasteiger partial charge in [0, 0.05) is 18.2 Å². The van der Waals surface area contributed by atoms with Gasteiger partial charge in [-0.15, -0.1) is 0 Å². The standard InChI is InChI=1S/C13H17N3/c1-9-4-3-5-12-13(11-6-7-14-8-11)15-10(2)16(9)12/h3-5,11,14H,6-8H2,1-2H3. The van der Waals surface area contributed by atoms with Crippen LogP contribution in [0, 0.1) is 13.8 Å². The number of aryl methyl sites for hydroxylation is 2. The van der Waals surface area contributed by atoms with Gasteiger partial charge < -0.3 is 9.72 Å². The number of hydrogen-bond donors (Lipinski definition) is 1. The molecule has 0 bridgehead atoms. The van der Waals surface area contributed by atoms with Crippen LogP contribution in [0.1, 0.15) is 29.6 Å². The molecule has 16 heavy (non-hydrogen) atoms. The Morgan fingerprint density at radius 1 is 1.38 bits per heavy atom. The maximum atomic E-state index is 4.76. The van der Waals surface area contributed by atoms with Crippen LogP contribution in [0.25, 0.3) is 5.52 Å². The van der Waals surface area contributed by atoms with E-state index in [4.69, 9.17) is 4.98 Å². The van der Waals surface area contributed by atoms with Crippen molar-refractivity contribution in [3.05, 3.63) is 35.4 Å². The number of imidazole rings is 1. The van der Waals surface area contributed by atoms with E-state index in [1.54, 1.807) is 0 Å². The fraction of sp³-hybridized carbons (Fsp3) is 0.462. The predicted octanol–water partition coefficient (Wildman–Crippen LogP) is 2.03. The Balaban J connectivity index is 2.22. The smallest absolute Gasteiger partial charge is 0.110 e. The monoisotopic (exact) mass is 215 g/mol. The molecule has 0 radical (unpaired) electrons. The minimum atomic E-state index is 0.588. The van der Waals surface area contributed by atoms with E-state index in [2.05, 4.69) is 41.8 Å². The lowest BCUT2D eigenvalue weighted by Crippen LogP contribution is -2.08. The molecule has 1 aliphatic rings. The van der Waals surface area contributed by atoms with Gasteiger partial charge in [-0.25, -0.2) is 4.98 Å². The quantitative estimate of drug-likeness (QED) is 0.788. The Kier molecular flexibility index (Phi) is 2.21. The van der Waals surface area contributed by atoms with E-state index in [1.165, 1.54) is 23.3 Å². The first-order chi connectivity index (χ1) is 7.77. The van der Waals surface area contributed by atoms with Gasteiger partial charge in [0.05, 0.1) is 11.2 Å². The molecular weight excluding hydrogens is 198 g/mol. The lowest BCUT2D eigenvalue weighted by molar-refractivity contribution is 0.744. The summed E-state index contributed by atoms with van der Waals surface area (Å²) in [6.07, 6.45) is 1.21. The first-order valence-corrected chi connectivity index (χ1v) is 5.92. The summed E-state index contributed by atoms with van der Waals surface area (Å²) in [5.41, 5.74) is 3.82. The molecule has 3 rings (SSSR count). The molecule has 1 unspecified atom stereocenters. The fourth-order valence-corrected chi connectivity index (χ4v) is 2.72. The Labute approximate surface area is 95.5 Å². The van der Waals surface area contributed by atoms with E-state index in [0.717, 1.165) is 18.9 Å². The van der Waals surface area contributed by atoms with E-state index in [-0.39, 0.29) is 0 Å². The number of fused-ring (bicyclic) bond motifs is 1. The molecule has 3 heterocycles. The van der Waals surface area contributed by atoms with Crippen LogP contribution in [-0.4, -0.2) is 22.5 Å². The second kappa shape index (κ2) is 3.59. The molecule has 1 saturated heterocycles. The number of pyridine rings is 1. The van der Waals surface area contributed by atoms with Gasteiger partial charge in [-0.1, -0.05) is 6.07 Å². The molecular formula is C13H17N3. The van der Waals surface area contributed by atoms with Crippen molar-refractivity contribution in [2.45, 2.75) is 26.2 Å². The molecule has 0 spiro atoms. The van der Waals surface area contributed by atoms with Gasteiger partial charge in [-0.3, -0.25) is 0 Å². The second-order valence-corrected chi connectivity index (χ2v) is 4.62. The van der Waals surface area contributed by atoms with E-state index in [1.807, 2.05) is 0 Å². The number of nitrogens with zero attached hydrogens (tertiary/aromatic N) is 2. The summed E-state index contributed by atoms with van der Waals surface area (Å²) < 4.78 is 2.26. The van der Waals surface area contributed by atoms with Crippen LogP contribution >= 0.6 is 0 Å². The summed E-state index contributed by atoms with van der Waals surface area (Å²) in [6, 6.07) is 6.44. The SMILES string of the molecule is Cc1cccc2c(C3CCNC3)nc(C)n12. The molecule has 0 aliphatic carbocycles. The lowest BCUT2D eigenvalue weighted by atomic mass is 10.0. The zero-order chi connectivity index (χ0) is 11.1. The minimum Gasteiger partial charge on any atom is -0.316 e. The molecule has 1 N–H and O–H groups in total. The van der Waals surface area contributed by atoms with Crippen molar-refractivity contribution >= 4 is 5.52 Å². The summed E-state index contributed by atoms with van der Waals surface area (Å²) in [6.45, 7) is 6.42. The second-order valence-electron chi connectivity index (χ2n) is 4.62. The minimum absolute atomic E-state index is 0.588. The van der Waals surface area contributed by atoms with E-state index >= 15 is 0 Å². The molecule has 84 valence electrons. The van der Waals surface area contributed by atoms with Crippen molar-refractivity contribution in [1.29, 1.82) is 0 Å². The first-order valence-electron chi connectivity index (χ1n) is 5.92. The largest absolute Gasteiger partial charge is 0.316 e. The summed E-state index contributed by atoms with van der Waals surface area (Å²) >= 11 is 0. The van der Waals surface area contributed by atoms with Crippen LogP contribution in [0.4, 0.5) is 0 Å². The topological polar surface area (TPSA) is 29.3 Å². The summed E-state index contributed by atoms with van der Waals surface area (Å²) in [7, 11) is 0. The van der Waals surface area contributed by atoms with Crippen molar-refractivity contribution < 1.29 is 0 Å². The number of aromatic nitrogens is 2. The van der Waals surface area contributed by atoms with Gasteiger partial charge in [-0.2, -0.15) is 0 Å². The van der Waals surface area contributed by atoms with Gasteiger partial charge in [0.1, 0.15) is 5.82 Å². The Hall–Kier alpha value is -1.35. The molecule has 0 amide bonds. The van der Waals surface area contributed by atoms with Crippen molar-refractivity contribution in [2.75, 3.05) is 13.1 Å². The first kappa shape index (κ1) is 9.85.